The minimum atomic E-state index is -0.502. The highest BCUT2D eigenvalue weighted by molar-refractivity contribution is 5.82. The molecule has 0 radical (unpaired) electrons. The fourth-order valence-electron chi connectivity index (χ4n) is 5.09. The van der Waals surface area contributed by atoms with E-state index in [4.69, 9.17) is 4.74 Å². The number of rotatable bonds is 8. The molecule has 7 nitrogen and oxygen atoms in total. The van der Waals surface area contributed by atoms with Gasteiger partial charge in [-0.25, -0.2) is 0 Å². The molecule has 2 N–H and O–H groups in total. The summed E-state index contributed by atoms with van der Waals surface area (Å²) >= 11 is 0. The van der Waals surface area contributed by atoms with Crippen molar-refractivity contribution in [3.8, 4) is 5.75 Å². The molecule has 2 aromatic rings. The Bertz CT molecular complexity index is 959. The Labute approximate surface area is 201 Å². The Morgan fingerprint density at radius 2 is 1.79 bits per heavy atom. The van der Waals surface area contributed by atoms with Crippen molar-refractivity contribution in [2.24, 2.45) is 0 Å². The van der Waals surface area contributed by atoms with Crippen LogP contribution in [0.25, 0.3) is 0 Å². The van der Waals surface area contributed by atoms with Gasteiger partial charge in [-0.1, -0.05) is 42.5 Å². The van der Waals surface area contributed by atoms with E-state index in [-0.39, 0.29) is 23.9 Å². The van der Waals surface area contributed by atoms with E-state index >= 15 is 0 Å². The molecule has 0 bridgehead atoms. The molecule has 7 heteroatoms. The number of benzene rings is 2. The number of aryl methyl sites for hydroxylation is 1. The molecule has 2 aliphatic heterocycles. The standard InChI is InChI=1S/C27H35N3O4/c1-34-24-9-5-8-21(16-24)18-28-27(33)25-17-23(31)19-30(25)22-12-14-29(15-13-22)26(32)11-10-20-6-3-2-4-7-20/h2-9,16,22-23,25,31H,10-15,17-19H2,1H3,(H,28,33)/t23-,25+/m1/s1. The average molecular weight is 466 g/mol. The number of ether oxygens (including phenoxy) is 1. The SMILES string of the molecule is COc1cccc(CNC(=O)[C@@H]2C[C@@H](O)CN2C2CCN(C(=O)CCc3ccccc3)CC2)c1. The van der Waals surface area contributed by atoms with Gasteiger partial charge in [0.2, 0.25) is 11.8 Å². The average Bonchev–Trinajstić information content (AvgIpc) is 3.28. The number of nitrogens with one attached hydrogen (secondary N) is 1. The van der Waals surface area contributed by atoms with Crippen LogP contribution in [-0.4, -0.2) is 71.7 Å². The molecule has 2 atom stereocenters. The number of likely N-dealkylation sites (tertiary alicyclic amines) is 2. The van der Waals surface area contributed by atoms with Crippen LogP contribution in [-0.2, 0) is 22.6 Å². The maximum atomic E-state index is 13.0. The molecule has 0 spiro atoms. The van der Waals surface area contributed by atoms with Crippen molar-refractivity contribution in [1.29, 1.82) is 0 Å². The van der Waals surface area contributed by atoms with Crippen LogP contribution in [0.4, 0.5) is 0 Å². The van der Waals surface area contributed by atoms with Gasteiger partial charge in [-0.3, -0.25) is 14.5 Å². The predicted molar refractivity (Wildman–Crippen MR) is 130 cm³/mol. The van der Waals surface area contributed by atoms with Crippen molar-refractivity contribution >= 4 is 11.8 Å². The van der Waals surface area contributed by atoms with Crippen molar-refractivity contribution in [2.45, 2.75) is 56.8 Å². The van der Waals surface area contributed by atoms with Crippen LogP contribution in [0.3, 0.4) is 0 Å². The number of nitrogens with zero attached hydrogens (tertiary/aromatic N) is 2. The van der Waals surface area contributed by atoms with Crippen LogP contribution in [0.1, 0.15) is 36.8 Å². The van der Waals surface area contributed by atoms with Gasteiger partial charge in [0.25, 0.3) is 0 Å². The number of piperidine rings is 1. The zero-order valence-electron chi connectivity index (χ0n) is 19.9. The number of carbonyl (C=O) groups excluding carboxylic acids is 2. The number of amides is 2. The fourth-order valence-corrected chi connectivity index (χ4v) is 5.09. The van der Waals surface area contributed by atoms with E-state index in [9.17, 15) is 14.7 Å². The molecule has 34 heavy (non-hydrogen) atoms. The quantitative estimate of drug-likeness (QED) is 0.626. The van der Waals surface area contributed by atoms with Gasteiger partial charge in [0.1, 0.15) is 5.75 Å². The first-order valence-electron chi connectivity index (χ1n) is 12.2. The summed E-state index contributed by atoms with van der Waals surface area (Å²) in [6.45, 7) is 2.32. The summed E-state index contributed by atoms with van der Waals surface area (Å²) in [6, 6.07) is 17.6. The molecule has 2 aromatic carbocycles. The lowest BCUT2D eigenvalue weighted by atomic mass is 10.0. The van der Waals surface area contributed by atoms with Crippen molar-refractivity contribution in [1.82, 2.24) is 15.1 Å². The van der Waals surface area contributed by atoms with Crippen molar-refractivity contribution < 1.29 is 19.4 Å². The number of carbonyl (C=O) groups is 2. The van der Waals surface area contributed by atoms with E-state index in [1.165, 1.54) is 5.56 Å². The summed E-state index contributed by atoms with van der Waals surface area (Å²) in [6.07, 6.45) is 2.87. The van der Waals surface area contributed by atoms with E-state index < -0.39 is 6.10 Å². The summed E-state index contributed by atoms with van der Waals surface area (Å²) in [7, 11) is 1.62. The lowest BCUT2D eigenvalue weighted by Gasteiger charge is -2.39. The monoisotopic (exact) mass is 465 g/mol. The lowest BCUT2D eigenvalue weighted by molar-refractivity contribution is -0.134. The van der Waals surface area contributed by atoms with E-state index in [1.54, 1.807) is 7.11 Å². The number of β-amino-alcohol motifs (C(OH)–C–C–N with tert-alkyl or cyclic N) is 1. The normalized spacial score (nSPS) is 21.4. The topological polar surface area (TPSA) is 82.1 Å². The van der Waals surface area contributed by atoms with Crippen molar-refractivity contribution in [3.63, 3.8) is 0 Å². The second-order valence-corrected chi connectivity index (χ2v) is 9.27. The molecule has 182 valence electrons. The molecule has 0 unspecified atom stereocenters. The molecule has 0 saturated carbocycles. The highest BCUT2D eigenvalue weighted by Crippen LogP contribution is 2.27. The largest absolute Gasteiger partial charge is 0.497 e. The highest BCUT2D eigenvalue weighted by atomic mass is 16.5. The Morgan fingerprint density at radius 3 is 2.53 bits per heavy atom. The molecule has 2 fully saturated rings. The fraction of sp³-hybridized carbons (Fsp3) is 0.481. The van der Waals surface area contributed by atoms with Gasteiger partial charge in [0, 0.05) is 38.6 Å². The maximum absolute atomic E-state index is 13.0. The third-order valence-corrected chi connectivity index (χ3v) is 6.98. The number of aliphatic hydroxyl groups is 1. The maximum Gasteiger partial charge on any atom is 0.237 e. The second-order valence-electron chi connectivity index (χ2n) is 9.27. The summed E-state index contributed by atoms with van der Waals surface area (Å²) in [5.41, 5.74) is 2.15. The molecule has 0 aliphatic carbocycles. The molecule has 2 heterocycles. The zero-order valence-corrected chi connectivity index (χ0v) is 19.9. The summed E-state index contributed by atoms with van der Waals surface area (Å²) in [4.78, 5) is 29.8. The van der Waals surface area contributed by atoms with Crippen molar-refractivity contribution in [2.75, 3.05) is 26.7 Å². The van der Waals surface area contributed by atoms with Gasteiger partial charge in [-0.2, -0.15) is 0 Å². The van der Waals surface area contributed by atoms with Crippen molar-refractivity contribution in [3.05, 3.63) is 65.7 Å². The molecule has 2 aliphatic rings. The van der Waals surface area contributed by atoms with E-state index in [0.29, 0.717) is 39.0 Å². The summed E-state index contributed by atoms with van der Waals surface area (Å²) in [5, 5.41) is 13.3. The first kappa shape index (κ1) is 24.2. The molecule has 4 rings (SSSR count). The Balaban J connectivity index is 1.27. The molecule has 0 aromatic heterocycles. The third-order valence-electron chi connectivity index (χ3n) is 6.98. The predicted octanol–water partition coefficient (Wildman–Crippen LogP) is 2.37. The first-order chi connectivity index (χ1) is 16.5. The number of aliphatic hydroxyl groups excluding tert-OH is 1. The van der Waals surface area contributed by atoms with E-state index in [0.717, 1.165) is 30.6 Å². The van der Waals surface area contributed by atoms with Gasteiger partial charge in [0.15, 0.2) is 0 Å². The summed E-state index contributed by atoms with van der Waals surface area (Å²) < 4.78 is 5.25. The second kappa shape index (κ2) is 11.5. The lowest BCUT2D eigenvalue weighted by Crippen LogP contribution is -2.52. The minimum absolute atomic E-state index is 0.0549. The Morgan fingerprint density at radius 1 is 1.06 bits per heavy atom. The van der Waals surface area contributed by atoms with Gasteiger partial charge in [0.05, 0.1) is 19.3 Å². The zero-order chi connectivity index (χ0) is 23.9. The smallest absolute Gasteiger partial charge is 0.237 e. The highest BCUT2D eigenvalue weighted by Gasteiger charge is 2.40. The number of hydrogen-bond acceptors (Lipinski definition) is 5. The van der Waals surface area contributed by atoms with E-state index in [2.05, 4.69) is 22.3 Å². The summed E-state index contributed by atoms with van der Waals surface area (Å²) in [5.74, 6) is 0.895. The van der Waals surface area contributed by atoms with Gasteiger partial charge < -0.3 is 20.1 Å². The third kappa shape index (κ3) is 6.15. The van der Waals surface area contributed by atoms with Crippen LogP contribution in [0.5, 0.6) is 5.75 Å². The molecule has 2 saturated heterocycles. The minimum Gasteiger partial charge on any atom is -0.497 e. The van der Waals surface area contributed by atoms with Crippen LogP contribution in [0.15, 0.2) is 54.6 Å². The van der Waals surface area contributed by atoms with Gasteiger partial charge >= 0.3 is 0 Å². The van der Waals surface area contributed by atoms with Crippen LogP contribution in [0.2, 0.25) is 0 Å². The molecule has 2 amide bonds. The van der Waals surface area contributed by atoms with E-state index in [1.807, 2.05) is 47.4 Å². The Kier molecular flexibility index (Phi) is 8.19. The molecular weight excluding hydrogens is 430 g/mol. The Hall–Kier alpha value is -2.90. The molecular formula is C27H35N3O4. The van der Waals surface area contributed by atoms with Gasteiger partial charge in [-0.05, 0) is 48.9 Å². The van der Waals surface area contributed by atoms with Crippen LogP contribution < -0.4 is 10.1 Å². The number of hydrogen-bond donors (Lipinski definition) is 2. The van der Waals surface area contributed by atoms with Crippen LogP contribution in [0, 0.1) is 0 Å². The first-order valence-corrected chi connectivity index (χ1v) is 12.2. The number of methoxy groups -OCH3 is 1. The van der Waals surface area contributed by atoms with Crippen LogP contribution >= 0.6 is 0 Å². The van der Waals surface area contributed by atoms with Gasteiger partial charge in [-0.15, -0.1) is 0 Å².